The molecule has 3 nitrogen and oxygen atoms in total. The minimum Gasteiger partial charge on any atom is -0.454 e. The average molecular weight is 457 g/mol. The second-order valence-electron chi connectivity index (χ2n) is 9.18. The van der Waals surface area contributed by atoms with Crippen molar-refractivity contribution in [1.29, 1.82) is 0 Å². The average Bonchev–Trinajstić information content (AvgIpc) is 3.29. The summed E-state index contributed by atoms with van der Waals surface area (Å²) in [7, 11) is 0. The third-order valence-electron chi connectivity index (χ3n) is 6.77. The Hall–Kier alpha value is -4.24. The summed E-state index contributed by atoms with van der Waals surface area (Å²) < 4.78 is 6.42. The highest BCUT2D eigenvalue weighted by Gasteiger charge is 2.22. The number of furan rings is 1. The number of para-hydroxylation sites is 1. The van der Waals surface area contributed by atoms with Gasteiger partial charge in [0.05, 0.1) is 11.7 Å². The Balaban J connectivity index is 1.33. The van der Waals surface area contributed by atoms with Crippen LogP contribution in [0.25, 0.3) is 33.1 Å². The Morgan fingerprint density at radius 1 is 0.771 bits per heavy atom. The van der Waals surface area contributed by atoms with E-state index < -0.39 is 0 Å². The van der Waals surface area contributed by atoms with Crippen LogP contribution in [-0.4, -0.2) is 6.04 Å². The molecule has 2 N–H and O–H groups in total. The van der Waals surface area contributed by atoms with Gasteiger partial charge in [0.25, 0.3) is 0 Å². The third-order valence-corrected chi connectivity index (χ3v) is 6.77. The first-order chi connectivity index (χ1) is 17.3. The number of hydrogen-bond donors (Lipinski definition) is 2. The van der Waals surface area contributed by atoms with Gasteiger partial charge in [-0.2, -0.15) is 0 Å². The fourth-order valence-corrected chi connectivity index (χ4v) is 4.88. The monoisotopic (exact) mass is 456 g/mol. The topological polar surface area (TPSA) is 37.2 Å². The lowest BCUT2D eigenvalue weighted by atomic mass is 9.93. The van der Waals surface area contributed by atoms with Crippen LogP contribution in [-0.2, 0) is 6.54 Å². The van der Waals surface area contributed by atoms with Gasteiger partial charge < -0.3 is 15.1 Å². The summed E-state index contributed by atoms with van der Waals surface area (Å²) in [5.41, 5.74) is 7.62. The summed E-state index contributed by atoms with van der Waals surface area (Å²) in [5, 5.41) is 9.69. The maximum atomic E-state index is 6.42. The van der Waals surface area contributed by atoms with Gasteiger partial charge in [-0.1, -0.05) is 104 Å². The van der Waals surface area contributed by atoms with Crippen LogP contribution in [0.15, 0.2) is 125 Å². The summed E-state index contributed by atoms with van der Waals surface area (Å²) in [5.74, 6) is 0.307. The maximum Gasteiger partial charge on any atom is 0.159 e. The molecule has 3 heteroatoms. The number of rotatable bonds is 6. The predicted molar refractivity (Wildman–Crippen MR) is 146 cm³/mol. The van der Waals surface area contributed by atoms with E-state index in [-0.39, 0.29) is 6.04 Å². The van der Waals surface area contributed by atoms with Gasteiger partial charge in [-0.25, -0.2) is 0 Å². The van der Waals surface area contributed by atoms with Crippen molar-refractivity contribution >= 4 is 27.6 Å². The standard InChI is InChI=1S/C32H28N2O/c1-22-20-25(33-21-23-10-4-2-5-11-23)16-19-29(22)34-31-26(24-12-6-3-7-13-24)17-18-28-27-14-8-9-15-30(27)35-32(28)31/h2-20,22,29,33-34H,21H2,1H3. The van der Waals surface area contributed by atoms with E-state index in [9.17, 15) is 0 Å². The van der Waals surface area contributed by atoms with Crippen molar-refractivity contribution in [1.82, 2.24) is 5.32 Å². The molecule has 0 saturated carbocycles. The Morgan fingerprint density at radius 3 is 2.31 bits per heavy atom. The lowest BCUT2D eigenvalue weighted by Gasteiger charge is -2.27. The third kappa shape index (κ3) is 4.22. The van der Waals surface area contributed by atoms with Crippen molar-refractivity contribution in [2.24, 2.45) is 5.92 Å². The molecule has 1 aromatic heterocycles. The van der Waals surface area contributed by atoms with Gasteiger partial charge in [-0.3, -0.25) is 0 Å². The Morgan fingerprint density at radius 2 is 1.51 bits per heavy atom. The second-order valence-corrected chi connectivity index (χ2v) is 9.18. The van der Waals surface area contributed by atoms with Gasteiger partial charge >= 0.3 is 0 Å². The van der Waals surface area contributed by atoms with E-state index in [1.165, 1.54) is 11.1 Å². The van der Waals surface area contributed by atoms with E-state index in [0.29, 0.717) is 5.92 Å². The molecule has 35 heavy (non-hydrogen) atoms. The number of anilines is 1. The zero-order valence-corrected chi connectivity index (χ0v) is 19.7. The minimum absolute atomic E-state index is 0.151. The van der Waals surface area contributed by atoms with Crippen LogP contribution in [0.3, 0.4) is 0 Å². The Kier molecular flexibility index (Phi) is 5.59. The van der Waals surface area contributed by atoms with Gasteiger partial charge in [0.2, 0.25) is 0 Å². The van der Waals surface area contributed by atoms with E-state index in [1.807, 2.05) is 18.2 Å². The first-order valence-corrected chi connectivity index (χ1v) is 12.2. The number of benzene rings is 4. The molecule has 0 bridgehead atoms. The molecular formula is C32H28N2O. The molecule has 1 heterocycles. The van der Waals surface area contributed by atoms with Crippen molar-refractivity contribution < 1.29 is 4.42 Å². The molecule has 1 aliphatic carbocycles. The van der Waals surface area contributed by atoms with E-state index >= 15 is 0 Å². The predicted octanol–water partition coefficient (Wildman–Crippen LogP) is 7.91. The van der Waals surface area contributed by atoms with E-state index in [1.54, 1.807) is 0 Å². The lowest BCUT2D eigenvalue weighted by Crippen LogP contribution is -2.28. The molecule has 2 unspecified atom stereocenters. The van der Waals surface area contributed by atoms with Gasteiger partial charge in [-0.15, -0.1) is 0 Å². The molecule has 1 aliphatic rings. The van der Waals surface area contributed by atoms with Crippen molar-refractivity contribution in [3.05, 3.63) is 127 Å². The number of hydrogen-bond acceptors (Lipinski definition) is 3. The SMILES string of the molecule is CC1C=C(NCc2ccccc2)C=CC1Nc1c(-c2ccccc2)ccc2c1oc1ccccc12. The molecule has 0 radical (unpaired) electrons. The lowest BCUT2D eigenvalue weighted by molar-refractivity contribution is 0.635. The molecule has 0 fully saturated rings. The zero-order chi connectivity index (χ0) is 23.6. The van der Waals surface area contributed by atoms with Crippen molar-refractivity contribution in [3.8, 4) is 11.1 Å². The van der Waals surface area contributed by atoms with Crippen LogP contribution in [0.5, 0.6) is 0 Å². The van der Waals surface area contributed by atoms with Crippen LogP contribution in [0.2, 0.25) is 0 Å². The van der Waals surface area contributed by atoms with Gasteiger partial charge in [0.15, 0.2) is 5.58 Å². The molecule has 0 amide bonds. The van der Waals surface area contributed by atoms with Crippen molar-refractivity contribution in [2.75, 3.05) is 5.32 Å². The number of nitrogens with one attached hydrogen (secondary N) is 2. The van der Waals surface area contributed by atoms with Crippen LogP contribution in [0.1, 0.15) is 12.5 Å². The van der Waals surface area contributed by atoms with Crippen LogP contribution in [0, 0.1) is 5.92 Å². The van der Waals surface area contributed by atoms with Gasteiger partial charge in [0, 0.05) is 34.5 Å². The summed E-state index contributed by atoms with van der Waals surface area (Å²) >= 11 is 0. The van der Waals surface area contributed by atoms with E-state index in [2.05, 4.69) is 115 Å². The Bertz CT molecular complexity index is 1530. The fourth-order valence-electron chi connectivity index (χ4n) is 4.88. The molecule has 5 aromatic rings. The molecule has 0 saturated heterocycles. The first kappa shape index (κ1) is 21.3. The second kappa shape index (κ2) is 9.19. The number of fused-ring (bicyclic) bond motifs is 3. The highest BCUT2D eigenvalue weighted by Crippen LogP contribution is 2.40. The maximum absolute atomic E-state index is 6.42. The number of allylic oxidation sites excluding steroid dienone is 1. The largest absolute Gasteiger partial charge is 0.454 e. The normalized spacial score (nSPS) is 17.5. The van der Waals surface area contributed by atoms with Gasteiger partial charge in [0.1, 0.15) is 5.58 Å². The molecule has 172 valence electrons. The van der Waals surface area contributed by atoms with Crippen LogP contribution >= 0.6 is 0 Å². The van der Waals surface area contributed by atoms with E-state index in [4.69, 9.17) is 4.42 Å². The highest BCUT2D eigenvalue weighted by atomic mass is 16.3. The highest BCUT2D eigenvalue weighted by molar-refractivity contribution is 6.11. The summed E-state index contributed by atoms with van der Waals surface area (Å²) in [6.45, 7) is 3.07. The quantitative estimate of drug-likeness (QED) is 0.273. The zero-order valence-electron chi connectivity index (χ0n) is 19.7. The Labute approximate surface area is 205 Å². The first-order valence-electron chi connectivity index (χ1n) is 12.2. The molecule has 6 rings (SSSR count). The smallest absolute Gasteiger partial charge is 0.159 e. The van der Waals surface area contributed by atoms with Crippen LogP contribution < -0.4 is 10.6 Å². The van der Waals surface area contributed by atoms with Crippen molar-refractivity contribution in [2.45, 2.75) is 19.5 Å². The molecule has 0 spiro atoms. The minimum atomic E-state index is 0.151. The van der Waals surface area contributed by atoms with Crippen molar-refractivity contribution in [3.63, 3.8) is 0 Å². The molecule has 0 aliphatic heterocycles. The fraction of sp³-hybridized carbons (Fsp3) is 0.125. The summed E-state index contributed by atoms with van der Waals surface area (Å²) in [6, 6.07) is 33.8. The molecular weight excluding hydrogens is 428 g/mol. The molecule has 4 aromatic carbocycles. The van der Waals surface area contributed by atoms with Crippen LogP contribution in [0.4, 0.5) is 5.69 Å². The van der Waals surface area contributed by atoms with Gasteiger partial charge in [-0.05, 0) is 29.3 Å². The molecule has 2 atom stereocenters. The summed E-state index contributed by atoms with van der Waals surface area (Å²) in [4.78, 5) is 0. The summed E-state index contributed by atoms with van der Waals surface area (Å²) in [6.07, 6.45) is 6.75. The van der Waals surface area contributed by atoms with E-state index in [0.717, 1.165) is 45.4 Å².